The lowest BCUT2D eigenvalue weighted by Gasteiger charge is -2.26. The standard InChI is InChI=1S/C35H33N3O5/c1-2-36-35(41)33-32(27-10-8-23(9-11-27)22-38-16-18-42-19-17-38)34(43-37-33)29-20-28(30(39)21-31(29)40)26-14-12-25(13-15-26)24-6-4-3-5-7-24/h3-15,20-21,39-40H,2,16-19,22H2,1H3,(H,36,41). The molecule has 5 aromatic rings. The van der Waals surface area contributed by atoms with E-state index in [4.69, 9.17) is 9.26 Å². The molecule has 0 saturated carbocycles. The van der Waals surface area contributed by atoms with Gasteiger partial charge in [0.1, 0.15) is 11.5 Å². The molecule has 4 aromatic carbocycles. The van der Waals surface area contributed by atoms with Crippen molar-refractivity contribution in [2.75, 3.05) is 32.8 Å². The summed E-state index contributed by atoms with van der Waals surface area (Å²) in [6.45, 7) is 6.29. The van der Waals surface area contributed by atoms with E-state index in [-0.39, 0.29) is 28.9 Å². The van der Waals surface area contributed by atoms with Crippen LogP contribution in [0.3, 0.4) is 0 Å². The van der Waals surface area contributed by atoms with E-state index in [0.29, 0.717) is 23.2 Å². The van der Waals surface area contributed by atoms with Crippen LogP contribution in [0, 0.1) is 0 Å². The van der Waals surface area contributed by atoms with Crippen molar-refractivity contribution in [3.8, 4) is 56.2 Å². The summed E-state index contributed by atoms with van der Waals surface area (Å²) >= 11 is 0. The molecule has 1 saturated heterocycles. The number of hydrogen-bond acceptors (Lipinski definition) is 7. The Morgan fingerprint density at radius 2 is 1.44 bits per heavy atom. The van der Waals surface area contributed by atoms with Crippen molar-refractivity contribution in [3.63, 3.8) is 0 Å². The molecule has 1 fully saturated rings. The van der Waals surface area contributed by atoms with E-state index < -0.39 is 0 Å². The first-order valence-corrected chi connectivity index (χ1v) is 14.4. The lowest BCUT2D eigenvalue weighted by molar-refractivity contribution is 0.0342. The normalized spacial score (nSPS) is 13.6. The highest BCUT2D eigenvalue weighted by molar-refractivity contribution is 6.03. The van der Waals surface area contributed by atoms with Gasteiger partial charge in [-0.2, -0.15) is 0 Å². The second kappa shape index (κ2) is 12.5. The Labute approximate surface area is 250 Å². The summed E-state index contributed by atoms with van der Waals surface area (Å²) in [5.74, 6) is -0.404. The Bertz CT molecular complexity index is 1710. The van der Waals surface area contributed by atoms with Gasteiger partial charge in [-0.15, -0.1) is 0 Å². The number of ether oxygens (including phenoxy) is 1. The fraction of sp³-hybridized carbons (Fsp3) is 0.200. The molecule has 1 aromatic heterocycles. The highest BCUT2D eigenvalue weighted by Gasteiger charge is 2.27. The molecule has 1 aliphatic rings. The predicted octanol–water partition coefficient (Wildman–Crippen LogP) is 6.34. The third kappa shape index (κ3) is 6.02. The Morgan fingerprint density at radius 1 is 0.814 bits per heavy atom. The van der Waals surface area contributed by atoms with Crippen LogP contribution < -0.4 is 5.32 Å². The lowest BCUT2D eigenvalue weighted by atomic mass is 9.94. The first-order chi connectivity index (χ1) is 21.0. The van der Waals surface area contributed by atoms with E-state index in [1.165, 1.54) is 6.07 Å². The molecule has 0 aliphatic carbocycles. The van der Waals surface area contributed by atoms with Crippen LogP contribution in [0.1, 0.15) is 23.0 Å². The minimum atomic E-state index is -0.375. The van der Waals surface area contributed by atoms with E-state index in [0.717, 1.165) is 60.7 Å². The molecular weight excluding hydrogens is 542 g/mol. The third-order valence-corrected chi connectivity index (χ3v) is 7.66. The quantitative estimate of drug-likeness (QED) is 0.198. The Kier molecular flexibility index (Phi) is 8.22. The molecular formula is C35H33N3O5. The van der Waals surface area contributed by atoms with Crippen molar-refractivity contribution in [3.05, 3.63) is 102 Å². The summed E-state index contributed by atoms with van der Waals surface area (Å²) in [7, 11) is 0. The minimum absolute atomic E-state index is 0.0776. The topological polar surface area (TPSA) is 108 Å². The van der Waals surface area contributed by atoms with E-state index in [9.17, 15) is 15.0 Å². The number of aromatic hydroxyl groups is 2. The molecule has 0 atom stereocenters. The summed E-state index contributed by atoms with van der Waals surface area (Å²) in [4.78, 5) is 15.4. The van der Waals surface area contributed by atoms with Crippen molar-refractivity contribution in [1.82, 2.24) is 15.4 Å². The van der Waals surface area contributed by atoms with Gasteiger partial charge in [0.2, 0.25) is 0 Å². The smallest absolute Gasteiger partial charge is 0.274 e. The van der Waals surface area contributed by atoms with E-state index in [1.54, 1.807) is 6.07 Å². The van der Waals surface area contributed by atoms with Crippen LogP contribution in [0.2, 0.25) is 0 Å². The highest BCUT2D eigenvalue weighted by Crippen LogP contribution is 2.44. The molecule has 3 N–H and O–H groups in total. The number of rotatable bonds is 8. The van der Waals surface area contributed by atoms with Crippen molar-refractivity contribution >= 4 is 5.91 Å². The van der Waals surface area contributed by atoms with Gasteiger partial charge in [-0.1, -0.05) is 84.0 Å². The Hall–Kier alpha value is -4.92. The first-order valence-electron chi connectivity index (χ1n) is 14.4. The number of hydrogen-bond donors (Lipinski definition) is 3. The van der Waals surface area contributed by atoms with Gasteiger partial charge in [0.15, 0.2) is 11.5 Å². The number of phenolic OH excluding ortho intramolecular Hbond substituents is 2. The Balaban J connectivity index is 1.38. The van der Waals surface area contributed by atoms with Gasteiger partial charge in [-0.05, 0) is 40.8 Å². The average Bonchev–Trinajstić information content (AvgIpc) is 3.48. The van der Waals surface area contributed by atoms with Crippen LogP contribution >= 0.6 is 0 Å². The van der Waals surface area contributed by atoms with Crippen molar-refractivity contribution in [2.24, 2.45) is 0 Å². The lowest BCUT2D eigenvalue weighted by Crippen LogP contribution is -2.35. The molecule has 8 heteroatoms. The maximum atomic E-state index is 13.0. The molecule has 0 spiro atoms. The number of nitrogens with zero attached hydrogens (tertiary/aromatic N) is 2. The summed E-state index contributed by atoms with van der Waals surface area (Å²) in [6, 6.07) is 28.7. The number of morpholine rings is 1. The number of benzene rings is 4. The van der Waals surface area contributed by atoms with Gasteiger partial charge in [0.25, 0.3) is 5.91 Å². The molecule has 6 rings (SSSR count). The van der Waals surface area contributed by atoms with E-state index >= 15 is 0 Å². The molecule has 1 aliphatic heterocycles. The Morgan fingerprint density at radius 3 is 2.14 bits per heavy atom. The summed E-state index contributed by atoms with van der Waals surface area (Å²) in [5.41, 5.74) is 6.17. The van der Waals surface area contributed by atoms with Crippen LogP contribution in [-0.4, -0.2) is 59.0 Å². The molecule has 2 heterocycles. The van der Waals surface area contributed by atoms with Crippen LogP contribution in [0.4, 0.5) is 0 Å². The van der Waals surface area contributed by atoms with Crippen molar-refractivity contribution in [1.29, 1.82) is 0 Å². The zero-order valence-electron chi connectivity index (χ0n) is 23.9. The summed E-state index contributed by atoms with van der Waals surface area (Å²) in [5, 5.41) is 28.8. The van der Waals surface area contributed by atoms with Gasteiger partial charge < -0.3 is 24.8 Å². The molecule has 0 bridgehead atoms. The SMILES string of the molecule is CCNC(=O)c1noc(-c2cc(-c3ccc(-c4ccccc4)cc3)c(O)cc2O)c1-c1ccc(CN2CCOCC2)cc1. The average molecular weight is 576 g/mol. The molecule has 218 valence electrons. The highest BCUT2D eigenvalue weighted by atomic mass is 16.5. The molecule has 8 nitrogen and oxygen atoms in total. The van der Waals surface area contributed by atoms with Gasteiger partial charge in [-0.25, -0.2) is 0 Å². The van der Waals surface area contributed by atoms with Crippen molar-refractivity contribution < 1.29 is 24.3 Å². The minimum Gasteiger partial charge on any atom is -0.507 e. The van der Waals surface area contributed by atoms with Gasteiger partial charge in [0, 0.05) is 37.8 Å². The van der Waals surface area contributed by atoms with Crippen molar-refractivity contribution in [2.45, 2.75) is 13.5 Å². The molecule has 0 unspecified atom stereocenters. The number of amides is 1. The monoisotopic (exact) mass is 575 g/mol. The maximum Gasteiger partial charge on any atom is 0.274 e. The number of aromatic nitrogens is 1. The number of carbonyl (C=O) groups is 1. The predicted molar refractivity (Wildman–Crippen MR) is 166 cm³/mol. The third-order valence-electron chi connectivity index (χ3n) is 7.66. The van der Waals surface area contributed by atoms with Crippen LogP contribution in [-0.2, 0) is 11.3 Å². The fourth-order valence-corrected chi connectivity index (χ4v) is 5.40. The molecule has 1 amide bonds. The fourth-order valence-electron chi connectivity index (χ4n) is 5.40. The number of carbonyl (C=O) groups excluding carboxylic acids is 1. The zero-order chi connectivity index (χ0) is 29.8. The van der Waals surface area contributed by atoms with Gasteiger partial charge in [-0.3, -0.25) is 9.69 Å². The molecule has 0 radical (unpaired) electrons. The van der Waals surface area contributed by atoms with Crippen LogP contribution in [0.15, 0.2) is 95.5 Å². The van der Waals surface area contributed by atoms with Crippen LogP contribution in [0.25, 0.3) is 44.7 Å². The first kappa shape index (κ1) is 28.2. The van der Waals surface area contributed by atoms with Crippen LogP contribution in [0.5, 0.6) is 11.5 Å². The summed E-state index contributed by atoms with van der Waals surface area (Å²) < 4.78 is 11.2. The summed E-state index contributed by atoms with van der Waals surface area (Å²) in [6.07, 6.45) is 0. The number of phenols is 2. The van der Waals surface area contributed by atoms with E-state index in [1.807, 2.05) is 85.8 Å². The van der Waals surface area contributed by atoms with Gasteiger partial charge in [0.05, 0.1) is 24.3 Å². The van der Waals surface area contributed by atoms with E-state index in [2.05, 4.69) is 15.4 Å². The zero-order valence-corrected chi connectivity index (χ0v) is 23.9. The second-order valence-corrected chi connectivity index (χ2v) is 10.5. The molecule has 43 heavy (non-hydrogen) atoms. The second-order valence-electron chi connectivity index (χ2n) is 10.5. The maximum absolute atomic E-state index is 13.0. The van der Waals surface area contributed by atoms with Gasteiger partial charge >= 0.3 is 0 Å². The number of nitrogens with one attached hydrogen (secondary N) is 1. The largest absolute Gasteiger partial charge is 0.507 e.